The minimum absolute atomic E-state index is 0.0258. The lowest BCUT2D eigenvalue weighted by Crippen LogP contribution is -2.48. The predicted molar refractivity (Wildman–Crippen MR) is 391 cm³/mol. The van der Waals surface area contributed by atoms with E-state index in [1.807, 2.05) is 127 Å². The van der Waals surface area contributed by atoms with Crippen LogP contribution in [0.15, 0.2) is 85.2 Å². The lowest BCUT2D eigenvalue weighted by molar-refractivity contribution is -0.890. The van der Waals surface area contributed by atoms with Crippen LogP contribution < -0.4 is 16.0 Å². The summed E-state index contributed by atoms with van der Waals surface area (Å²) in [6, 6.07) is 23.9. The highest BCUT2D eigenvalue weighted by Gasteiger charge is 2.46. The molecule has 3 rings (SSSR count). The van der Waals surface area contributed by atoms with Crippen molar-refractivity contribution in [1.29, 1.82) is 0 Å². The quantitative estimate of drug-likeness (QED) is 0.00661. The van der Waals surface area contributed by atoms with Gasteiger partial charge in [0.25, 0.3) is 30.4 Å². The van der Waals surface area contributed by atoms with Crippen molar-refractivity contribution in [2.24, 2.45) is 0 Å². The largest absolute Gasteiger partial charge is 0.481 e. The Hall–Kier alpha value is -3.72. The average Bonchev–Trinajstić information content (AvgIpc) is 1.34. The minimum Gasteiger partial charge on any atom is -0.481 e. The van der Waals surface area contributed by atoms with Crippen molar-refractivity contribution in [3.05, 3.63) is 108 Å². The van der Waals surface area contributed by atoms with Gasteiger partial charge in [-0.2, -0.15) is 37.9 Å². The second-order valence-corrected chi connectivity index (χ2v) is 36.3. The Balaban J connectivity index is 0.000000704. The highest BCUT2D eigenvalue weighted by atomic mass is 32.2. The van der Waals surface area contributed by atoms with Crippen molar-refractivity contribution in [2.75, 3.05) is 124 Å². The number of carboxylic acid groups (broad SMARTS) is 1. The molecule has 0 saturated heterocycles. The lowest BCUT2D eigenvalue weighted by Gasteiger charge is -2.32. The fourth-order valence-corrected chi connectivity index (χ4v) is 15.9. The molecule has 1 aromatic heterocycles. The number of benzene rings is 2. The Kier molecular flexibility index (Phi) is 40.9. The van der Waals surface area contributed by atoms with Crippen LogP contribution in [0.4, 0.5) is 0 Å². The van der Waals surface area contributed by atoms with E-state index >= 15 is 0 Å². The van der Waals surface area contributed by atoms with Gasteiger partial charge in [-0.25, -0.2) is 6.57 Å². The molecule has 1 heterocycles. The molecule has 3 amide bonds. The molecule has 3 aromatic rings. The van der Waals surface area contributed by atoms with Crippen LogP contribution in [0.2, 0.25) is 0 Å². The molecular weight excluding hydrogens is 1370 g/mol. The van der Waals surface area contributed by atoms with Crippen LogP contribution in [0.1, 0.15) is 103 Å². The van der Waals surface area contributed by atoms with Gasteiger partial charge >= 0.3 is 5.97 Å². The van der Waals surface area contributed by atoms with Crippen molar-refractivity contribution in [2.45, 2.75) is 125 Å². The second kappa shape index (κ2) is 43.5. The third-order valence-corrected chi connectivity index (χ3v) is 22.1. The second-order valence-electron chi connectivity index (χ2n) is 25.2. The summed E-state index contributed by atoms with van der Waals surface area (Å²) in [4.78, 5) is 53.0. The zero-order chi connectivity index (χ0) is 70.6. The van der Waals surface area contributed by atoms with Gasteiger partial charge in [0.1, 0.15) is 12.6 Å². The molecule has 0 fully saturated rings. The van der Waals surface area contributed by atoms with Crippen LogP contribution in [-0.2, 0) is 62.4 Å². The number of nitrogens with one attached hydrogen (secondary N) is 3. The zero-order valence-corrected chi connectivity index (χ0v) is 62.9. The first kappa shape index (κ1) is 87.3. The van der Waals surface area contributed by atoms with E-state index < -0.39 is 46.6 Å². The first-order valence-electron chi connectivity index (χ1n) is 30.8. The fourth-order valence-electron chi connectivity index (χ4n) is 9.61. The summed E-state index contributed by atoms with van der Waals surface area (Å²) in [5.74, 6) is -1.28. The topological polar surface area (TPSA) is 297 Å². The van der Waals surface area contributed by atoms with Gasteiger partial charge in [0.2, 0.25) is 23.3 Å². The summed E-state index contributed by atoms with van der Waals surface area (Å²) in [5, 5.41) is 17.3. The van der Waals surface area contributed by atoms with Crippen LogP contribution >= 0.6 is 72.4 Å². The Morgan fingerprint density at radius 1 is 0.634 bits per heavy atom. The number of carbonyl (C=O) groups excluding carboxylic acids is 3. The number of thiocarbonyl (C=S) groups is 2. The number of rotatable bonds is 41. The third-order valence-electron chi connectivity index (χ3n) is 14.9. The molecular formula is C62H103N8O14S9+3. The maximum atomic E-state index is 13.2. The predicted octanol–water partition coefficient (Wildman–Crippen LogP) is 8.30. The van der Waals surface area contributed by atoms with E-state index in [2.05, 4.69) is 45.6 Å². The van der Waals surface area contributed by atoms with E-state index in [4.69, 9.17) is 49.8 Å². The molecule has 7 N–H and O–H groups in total. The number of aliphatic carboxylic acids is 1. The molecule has 0 radical (unpaired) electrons. The van der Waals surface area contributed by atoms with Crippen LogP contribution in [0, 0.1) is 6.57 Å². The van der Waals surface area contributed by atoms with Crippen molar-refractivity contribution in [3.63, 3.8) is 0 Å². The van der Waals surface area contributed by atoms with Crippen LogP contribution in [0.3, 0.4) is 0 Å². The molecule has 0 aliphatic carbocycles. The van der Waals surface area contributed by atoms with Crippen molar-refractivity contribution in [1.82, 2.24) is 20.5 Å². The molecule has 31 heteroatoms. The van der Waals surface area contributed by atoms with Gasteiger partial charge in [-0.1, -0.05) is 116 Å². The van der Waals surface area contributed by atoms with Gasteiger partial charge in [0.05, 0.1) is 116 Å². The van der Waals surface area contributed by atoms with Gasteiger partial charge in [0.15, 0.2) is 0 Å². The van der Waals surface area contributed by atoms with Gasteiger partial charge in [-0.05, 0) is 61.6 Å². The van der Waals surface area contributed by atoms with Crippen molar-refractivity contribution in [3.8, 4) is 0 Å². The van der Waals surface area contributed by atoms with Gasteiger partial charge < -0.3 is 43.9 Å². The van der Waals surface area contributed by atoms with E-state index in [9.17, 15) is 44.4 Å². The molecule has 0 bridgehead atoms. The number of thiol groups is 1. The number of carbonyl (C=O) groups is 4. The number of thioether (sulfide) groups is 3. The summed E-state index contributed by atoms with van der Waals surface area (Å²) < 4.78 is 95.5. The Bertz CT molecular complexity index is 3140. The molecule has 0 aliphatic rings. The number of aryl methyl sites for hydroxylation is 2. The van der Waals surface area contributed by atoms with Gasteiger partial charge in [-0.15, -0.1) is 11.8 Å². The van der Waals surface area contributed by atoms with E-state index in [0.717, 1.165) is 44.5 Å². The Labute approximate surface area is 583 Å². The molecule has 0 saturated carbocycles. The van der Waals surface area contributed by atoms with Crippen molar-refractivity contribution < 1.29 is 76.6 Å². The summed E-state index contributed by atoms with van der Waals surface area (Å²) >= 11 is 19.4. The summed E-state index contributed by atoms with van der Waals surface area (Å²) in [6.45, 7) is 18.6. The summed E-state index contributed by atoms with van der Waals surface area (Å²) in [7, 11) is 0.155. The number of hydrogen-bond donors (Lipinski definition) is 8. The highest BCUT2D eigenvalue weighted by Crippen LogP contribution is 2.40. The molecule has 4 unspecified atom stereocenters. The normalized spacial score (nSPS) is 14.0. The number of carboxylic acids is 1. The van der Waals surface area contributed by atoms with Gasteiger partial charge in [0, 0.05) is 90.3 Å². The maximum absolute atomic E-state index is 13.2. The standard InChI is InChI=1S/C23H33N3O4S3.C21H37N3O6S4.C18H30N2O4S2/c1-26(2,18-9-19-33(28,29)30)17-8-14-24-22(27)21(13-12-20-10-4-3-5-11-20)32-23(31)25-15-6-7-16-25;1-7-32-19(31)33-21(3,16-20(2,22-4)11-10-17(25)26)18(27)23-12-8-13-24(5,6)14-9-15-34(28,29)30;1-20(2,14-7-15-26(22,23)24)13-6-12-19-18(21)17(25)11-10-16-8-4-3-5-9-16/h3-7,10-11,15-16,21H,8-9,12-14,17-19H2,1-2H3,(H-,24,27,28,29,30);7-16H2,1-3,5-6H3,(H2-,23,25,26,27,28,29,30);3-5,8-9,17H,6-7,10-15H2,1-2H3,(H2-,19,21,22,23,24,25)/p+3. The summed E-state index contributed by atoms with van der Waals surface area (Å²) in [6.07, 6.45) is 10.2. The molecule has 2 aromatic carbocycles. The number of hydrogen-bond acceptors (Lipinski definition) is 16. The van der Waals surface area contributed by atoms with E-state index in [0.29, 0.717) is 106 Å². The van der Waals surface area contributed by atoms with E-state index in [1.165, 1.54) is 46.4 Å². The maximum Gasteiger partial charge on any atom is 0.303 e. The molecule has 0 aliphatic heterocycles. The fraction of sp³-hybridized carbons (Fsp3) is 0.629. The van der Waals surface area contributed by atoms with E-state index in [-0.39, 0.29) is 64.7 Å². The molecule has 93 heavy (non-hydrogen) atoms. The number of aromatic nitrogens is 1. The van der Waals surface area contributed by atoms with Gasteiger partial charge in [-0.3, -0.25) is 32.8 Å². The molecule has 22 nitrogen and oxygen atoms in total. The zero-order valence-electron chi connectivity index (χ0n) is 55.4. The molecule has 526 valence electrons. The number of quaternary nitrogens is 3. The van der Waals surface area contributed by atoms with Crippen LogP contribution in [0.25, 0.3) is 4.85 Å². The molecule has 4 atom stereocenters. The third kappa shape index (κ3) is 44.0. The lowest BCUT2D eigenvalue weighted by atomic mass is 9.85. The smallest absolute Gasteiger partial charge is 0.303 e. The highest BCUT2D eigenvalue weighted by molar-refractivity contribution is 8.47. The monoisotopic (exact) mass is 1470 g/mol. The van der Waals surface area contributed by atoms with Crippen molar-refractivity contribution >= 4 is 134 Å². The minimum atomic E-state index is -3.98. The summed E-state index contributed by atoms with van der Waals surface area (Å²) in [5.41, 5.74) is 1.37. The SMILES string of the molecule is C[N+](C)(CCCNC(=O)C(CCc1ccccc1)SC(=S)n1cccc1)CCCS(=O)(=O)O.C[N+](C)(CCCNC(=O)C(S)CCc1ccccc1)CCCS(=O)(=O)O.[C-]#[N+]C(C)(CCC(=O)O)CC(C)(SC(=S)SCC)C(=O)NCCC[N+](C)(C)CCCS(=O)(=O)O. The first-order chi connectivity index (χ1) is 43.1. The number of amides is 3. The van der Waals surface area contributed by atoms with Crippen LogP contribution in [0.5, 0.6) is 0 Å². The first-order valence-corrected chi connectivity index (χ1v) is 39.7. The Morgan fingerprint density at radius 3 is 1.43 bits per heavy atom. The van der Waals surface area contributed by atoms with Crippen LogP contribution in [-0.4, -0.2) is 239 Å². The van der Waals surface area contributed by atoms with E-state index in [1.54, 1.807) is 13.8 Å². The average molecular weight is 1470 g/mol. The Morgan fingerprint density at radius 2 is 1.03 bits per heavy atom. The molecule has 0 spiro atoms. The number of nitrogens with zero attached hydrogens (tertiary/aromatic N) is 5.